The number of halogens is 1. The van der Waals surface area contributed by atoms with E-state index in [1.165, 1.54) is 17.0 Å². The van der Waals surface area contributed by atoms with Crippen molar-refractivity contribution >= 4 is 11.9 Å². The molecule has 1 atom stereocenters. The zero-order chi connectivity index (χ0) is 18.4. The minimum atomic E-state index is -0.842. The molecule has 1 aromatic heterocycles. The van der Waals surface area contributed by atoms with Gasteiger partial charge in [-0.3, -0.25) is 14.4 Å². The van der Waals surface area contributed by atoms with Gasteiger partial charge in [-0.05, 0) is 31.2 Å². The van der Waals surface area contributed by atoms with Crippen LogP contribution in [0.4, 0.5) is 4.39 Å². The first-order chi connectivity index (χ1) is 11.7. The van der Waals surface area contributed by atoms with Crippen LogP contribution in [0.1, 0.15) is 24.6 Å². The Balaban J connectivity index is 2.07. The summed E-state index contributed by atoms with van der Waals surface area (Å²) in [5, 5.41) is 13.4. The van der Waals surface area contributed by atoms with Gasteiger partial charge in [0.15, 0.2) is 5.96 Å². The lowest BCUT2D eigenvalue weighted by molar-refractivity contribution is -0.128. The lowest BCUT2D eigenvalue weighted by Gasteiger charge is -2.33. The highest BCUT2D eigenvalue weighted by Gasteiger charge is 2.38. The first-order valence-electron chi connectivity index (χ1n) is 7.61. The lowest BCUT2D eigenvalue weighted by atomic mass is 9.91. The number of guanidine groups is 1. The molecule has 1 aromatic carbocycles. The average molecular weight is 340 g/mol. The molecule has 0 spiro atoms. The van der Waals surface area contributed by atoms with Crippen molar-refractivity contribution in [2.24, 2.45) is 17.8 Å². The summed E-state index contributed by atoms with van der Waals surface area (Å²) in [6.45, 7) is 1.82. The molecule has 128 valence electrons. The quantitative estimate of drug-likeness (QED) is 0.895. The van der Waals surface area contributed by atoms with Gasteiger partial charge in [0, 0.05) is 19.7 Å². The number of amides is 1. The number of nitriles is 1. The second-order valence-electron chi connectivity index (χ2n) is 6.22. The molecule has 0 aliphatic carbocycles. The zero-order valence-electron chi connectivity index (χ0n) is 14.1. The fraction of sp³-hybridized carbons (Fsp3) is 0.294. The topological polar surface area (TPSA) is 100 Å². The fourth-order valence-corrected chi connectivity index (χ4v) is 2.94. The monoisotopic (exact) mass is 340 g/mol. The summed E-state index contributed by atoms with van der Waals surface area (Å²) < 4.78 is 15.1. The molecule has 1 aliphatic rings. The molecule has 2 N–H and O–H groups in total. The smallest absolute Gasteiger partial charge is 0.231 e. The van der Waals surface area contributed by atoms with Crippen molar-refractivity contribution in [3.05, 3.63) is 41.3 Å². The first kappa shape index (κ1) is 16.6. The summed E-state index contributed by atoms with van der Waals surface area (Å²) >= 11 is 0. The van der Waals surface area contributed by atoms with Gasteiger partial charge in [-0.1, -0.05) is 0 Å². The van der Waals surface area contributed by atoms with Crippen LogP contribution in [-0.2, 0) is 17.4 Å². The highest BCUT2D eigenvalue weighted by Crippen LogP contribution is 2.34. The Morgan fingerprint density at radius 1 is 1.36 bits per heavy atom. The number of benzene rings is 1. The number of carbonyl (C=O) groups is 1. The zero-order valence-corrected chi connectivity index (χ0v) is 14.1. The first-order valence-corrected chi connectivity index (χ1v) is 7.61. The van der Waals surface area contributed by atoms with Gasteiger partial charge in [0.2, 0.25) is 5.91 Å². The van der Waals surface area contributed by atoms with Crippen LogP contribution in [0.5, 0.6) is 0 Å². The van der Waals surface area contributed by atoms with E-state index in [2.05, 4.69) is 10.1 Å². The summed E-state index contributed by atoms with van der Waals surface area (Å²) in [4.78, 5) is 17.9. The van der Waals surface area contributed by atoms with Crippen molar-refractivity contribution in [2.75, 3.05) is 7.05 Å². The minimum absolute atomic E-state index is 0.0485. The molecule has 1 aliphatic heterocycles. The van der Waals surface area contributed by atoms with E-state index >= 15 is 0 Å². The summed E-state index contributed by atoms with van der Waals surface area (Å²) in [6.07, 6.45) is 0.163. The third-order valence-corrected chi connectivity index (χ3v) is 4.39. The molecule has 2 heterocycles. The van der Waals surface area contributed by atoms with Crippen LogP contribution in [0.15, 0.2) is 29.3 Å². The van der Waals surface area contributed by atoms with Gasteiger partial charge < -0.3 is 5.73 Å². The predicted octanol–water partition coefficient (Wildman–Crippen LogP) is 1.49. The molecule has 0 saturated carbocycles. The van der Waals surface area contributed by atoms with Crippen molar-refractivity contribution < 1.29 is 9.18 Å². The number of aromatic nitrogens is 2. The molecule has 0 fully saturated rings. The Labute approximate surface area is 144 Å². The van der Waals surface area contributed by atoms with Gasteiger partial charge in [-0.15, -0.1) is 0 Å². The fourth-order valence-electron chi connectivity index (χ4n) is 2.94. The van der Waals surface area contributed by atoms with E-state index in [1.807, 2.05) is 13.0 Å². The van der Waals surface area contributed by atoms with Crippen molar-refractivity contribution in [1.82, 2.24) is 14.7 Å². The second kappa shape index (κ2) is 5.70. The number of rotatable bonds is 2. The van der Waals surface area contributed by atoms with E-state index in [9.17, 15) is 9.18 Å². The normalized spacial score (nSPS) is 20.4. The number of carbonyl (C=O) groups excluding carboxylic acids is 1. The van der Waals surface area contributed by atoms with Crippen LogP contribution in [0, 0.1) is 17.1 Å². The molecule has 7 nitrogen and oxygen atoms in total. The van der Waals surface area contributed by atoms with Gasteiger partial charge in [0.1, 0.15) is 17.4 Å². The predicted molar refractivity (Wildman–Crippen MR) is 89.7 cm³/mol. The number of hydrogen-bond donors (Lipinski definition) is 1. The van der Waals surface area contributed by atoms with Gasteiger partial charge in [-0.2, -0.15) is 10.4 Å². The molecule has 1 amide bonds. The summed E-state index contributed by atoms with van der Waals surface area (Å²) in [7, 11) is 3.32. The molecule has 0 bridgehead atoms. The van der Waals surface area contributed by atoms with E-state index in [4.69, 9.17) is 11.0 Å². The SMILES string of the molecule is CN1C(=O)CC(C)(c2cc(-c3ccc(F)c(C#N)c3)nn2C)N=C1N. The van der Waals surface area contributed by atoms with Gasteiger partial charge in [0.05, 0.1) is 23.4 Å². The standard InChI is InChI=1S/C17H17FN6O/c1-17(8-15(25)23(2)16(20)21-17)14-7-13(22-24(14)3)10-4-5-12(18)11(6-10)9-19/h4-7H,8H2,1-3H3,(H2,20,21). The number of nitrogens with zero attached hydrogens (tertiary/aromatic N) is 5. The van der Waals surface area contributed by atoms with Crippen molar-refractivity contribution in [2.45, 2.75) is 18.9 Å². The Morgan fingerprint density at radius 3 is 2.72 bits per heavy atom. The molecule has 0 radical (unpaired) electrons. The molecule has 25 heavy (non-hydrogen) atoms. The third kappa shape index (κ3) is 2.74. The second-order valence-corrected chi connectivity index (χ2v) is 6.22. The summed E-state index contributed by atoms with van der Waals surface area (Å²) in [5.74, 6) is -0.561. The third-order valence-electron chi connectivity index (χ3n) is 4.39. The van der Waals surface area contributed by atoms with Crippen molar-refractivity contribution in [1.29, 1.82) is 5.26 Å². The highest BCUT2D eigenvalue weighted by molar-refractivity contribution is 5.98. The maximum absolute atomic E-state index is 13.5. The molecule has 0 saturated heterocycles. The molecule has 3 rings (SSSR count). The maximum Gasteiger partial charge on any atom is 0.231 e. The summed E-state index contributed by atoms with van der Waals surface area (Å²) in [5.41, 5.74) is 6.84. The van der Waals surface area contributed by atoms with Crippen LogP contribution in [0.25, 0.3) is 11.3 Å². The van der Waals surface area contributed by atoms with Crippen LogP contribution in [0.3, 0.4) is 0 Å². The molecule has 8 heteroatoms. The Bertz CT molecular complexity index is 941. The maximum atomic E-state index is 13.5. The number of nitrogens with two attached hydrogens (primary N) is 1. The largest absolute Gasteiger partial charge is 0.369 e. The van der Waals surface area contributed by atoms with Gasteiger partial charge >= 0.3 is 0 Å². The summed E-state index contributed by atoms with van der Waals surface area (Å²) in [6, 6.07) is 7.84. The van der Waals surface area contributed by atoms with E-state index < -0.39 is 11.4 Å². The highest BCUT2D eigenvalue weighted by atomic mass is 19.1. The lowest BCUT2D eigenvalue weighted by Crippen LogP contribution is -2.48. The molecule has 2 aromatic rings. The molecular formula is C17H17FN6O. The van der Waals surface area contributed by atoms with E-state index in [0.717, 1.165) is 0 Å². The van der Waals surface area contributed by atoms with Crippen molar-refractivity contribution in [3.63, 3.8) is 0 Å². The average Bonchev–Trinajstić information content (AvgIpc) is 2.96. The molecule has 1 unspecified atom stereocenters. The van der Waals surface area contributed by atoms with Crippen LogP contribution in [0.2, 0.25) is 0 Å². The Kier molecular flexibility index (Phi) is 3.80. The van der Waals surface area contributed by atoms with Gasteiger partial charge in [0.25, 0.3) is 0 Å². The molecular weight excluding hydrogens is 323 g/mol. The minimum Gasteiger partial charge on any atom is -0.369 e. The van der Waals surface area contributed by atoms with Crippen molar-refractivity contribution in [3.8, 4) is 17.3 Å². The van der Waals surface area contributed by atoms with Crippen LogP contribution in [-0.4, -0.2) is 33.6 Å². The van der Waals surface area contributed by atoms with Crippen LogP contribution >= 0.6 is 0 Å². The van der Waals surface area contributed by atoms with Crippen LogP contribution < -0.4 is 5.73 Å². The van der Waals surface area contributed by atoms with E-state index in [1.54, 1.807) is 30.9 Å². The number of hydrogen-bond acceptors (Lipinski definition) is 5. The number of aliphatic imine (C=N–C) groups is 1. The Hall–Kier alpha value is -3.21. The Morgan fingerprint density at radius 2 is 2.08 bits per heavy atom. The van der Waals surface area contributed by atoms with E-state index in [0.29, 0.717) is 17.0 Å². The van der Waals surface area contributed by atoms with E-state index in [-0.39, 0.29) is 23.9 Å². The number of aryl methyl sites for hydroxylation is 1. The van der Waals surface area contributed by atoms with Gasteiger partial charge in [-0.25, -0.2) is 9.38 Å².